The number of hydrogen-bond donors (Lipinski definition) is 1. The first kappa shape index (κ1) is 13.7. The molecule has 1 aliphatic heterocycles. The number of aliphatic hydroxyl groups is 1. The molecule has 1 heterocycles. The van der Waals surface area contributed by atoms with Crippen LogP contribution in [0.3, 0.4) is 0 Å². The van der Waals surface area contributed by atoms with Crippen LogP contribution in [-0.4, -0.2) is 17.8 Å². The Morgan fingerprint density at radius 1 is 1.39 bits per heavy atom. The standard InChI is InChI=1S/C15H21ClO2/c1-2-4-14(17)6-3-5-11-9-13(16)10-12-7-8-18-15(11)12/h9-10,14,17H,2-8H2,1H3. The Labute approximate surface area is 114 Å². The first-order valence-electron chi connectivity index (χ1n) is 6.83. The molecular formula is C15H21ClO2. The quantitative estimate of drug-likeness (QED) is 0.851. The molecule has 2 rings (SSSR count). The maximum absolute atomic E-state index is 9.72. The highest BCUT2D eigenvalue weighted by Crippen LogP contribution is 2.33. The summed E-state index contributed by atoms with van der Waals surface area (Å²) in [5.74, 6) is 1.03. The third-order valence-electron chi connectivity index (χ3n) is 3.43. The fourth-order valence-electron chi connectivity index (χ4n) is 2.54. The third-order valence-corrected chi connectivity index (χ3v) is 3.65. The van der Waals surface area contributed by atoms with E-state index in [0.29, 0.717) is 0 Å². The molecule has 0 aliphatic carbocycles. The molecule has 3 heteroatoms. The van der Waals surface area contributed by atoms with Crippen molar-refractivity contribution in [3.8, 4) is 5.75 Å². The van der Waals surface area contributed by atoms with E-state index in [1.165, 1.54) is 11.1 Å². The number of aryl methyl sites for hydroxylation is 1. The Balaban J connectivity index is 1.93. The van der Waals surface area contributed by atoms with E-state index in [0.717, 1.165) is 55.9 Å². The zero-order valence-corrected chi connectivity index (χ0v) is 11.7. The minimum Gasteiger partial charge on any atom is -0.493 e. The molecular weight excluding hydrogens is 248 g/mol. The molecule has 0 aromatic heterocycles. The van der Waals surface area contributed by atoms with Gasteiger partial charge in [0.2, 0.25) is 0 Å². The number of hydrogen-bond acceptors (Lipinski definition) is 2. The first-order chi connectivity index (χ1) is 8.70. The Morgan fingerprint density at radius 2 is 2.22 bits per heavy atom. The molecule has 0 amide bonds. The monoisotopic (exact) mass is 268 g/mol. The summed E-state index contributed by atoms with van der Waals surface area (Å²) >= 11 is 6.11. The number of halogens is 1. The fourth-order valence-corrected chi connectivity index (χ4v) is 2.80. The predicted octanol–water partition coefficient (Wildman–Crippen LogP) is 3.76. The summed E-state index contributed by atoms with van der Waals surface area (Å²) in [6.45, 7) is 2.86. The Kier molecular flexibility index (Phi) is 4.90. The van der Waals surface area contributed by atoms with E-state index in [1.807, 2.05) is 12.1 Å². The normalized spacial score (nSPS) is 15.3. The zero-order valence-electron chi connectivity index (χ0n) is 10.9. The molecule has 18 heavy (non-hydrogen) atoms. The minimum absolute atomic E-state index is 0.164. The summed E-state index contributed by atoms with van der Waals surface area (Å²) in [7, 11) is 0. The first-order valence-corrected chi connectivity index (χ1v) is 7.20. The van der Waals surface area contributed by atoms with Gasteiger partial charge in [0.15, 0.2) is 0 Å². The summed E-state index contributed by atoms with van der Waals surface area (Å²) in [5, 5.41) is 10.5. The summed E-state index contributed by atoms with van der Waals surface area (Å²) in [4.78, 5) is 0. The zero-order chi connectivity index (χ0) is 13.0. The van der Waals surface area contributed by atoms with Crippen molar-refractivity contribution < 1.29 is 9.84 Å². The lowest BCUT2D eigenvalue weighted by molar-refractivity contribution is 0.151. The van der Waals surface area contributed by atoms with Crippen molar-refractivity contribution in [3.05, 3.63) is 28.3 Å². The fraction of sp³-hybridized carbons (Fsp3) is 0.600. The molecule has 1 aliphatic rings. The van der Waals surface area contributed by atoms with Crippen LogP contribution in [0, 0.1) is 0 Å². The van der Waals surface area contributed by atoms with Gasteiger partial charge in [-0.25, -0.2) is 0 Å². The smallest absolute Gasteiger partial charge is 0.125 e. The van der Waals surface area contributed by atoms with Crippen molar-refractivity contribution in [2.75, 3.05) is 6.61 Å². The molecule has 1 aromatic rings. The number of benzene rings is 1. The Morgan fingerprint density at radius 3 is 3.00 bits per heavy atom. The lowest BCUT2D eigenvalue weighted by atomic mass is 10.0. The molecule has 1 N–H and O–H groups in total. The van der Waals surface area contributed by atoms with Gasteiger partial charge in [0.1, 0.15) is 5.75 Å². The molecule has 0 radical (unpaired) electrons. The van der Waals surface area contributed by atoms with Gasteiger partial charge < -0.3 is 9.84 Å². The van der Waals surface area contributed by atoms with E-state index in [-0.39, 0.29) is 6.10 Å². The van der Waals surface area contributed by atoms with Gasteiger partial charge in [-0.2, -0.15) is 0 Å². The molecule has 0 bridgehead atoms. The molecule has 2 nitrogen and oxygen atoms in total. The van der Waals surface area contributed by atoms with Gasteiger partial charge in [-0.15, -0.1) is 0 Å². The molecule has 0 saturated carbocycles. The number of ether oxygens (including phenoxy) is 1. The molecule has 1 unspecified atom stereocenters. The van der Waals surface area contributed by atoms with Crippen LogP contribution < -0.4 is 4.74 Å². The van der Waals surface area contributed by atoms with Gasteiger partial charge in [-0.05, 0) is 48.9 Å². The highest BCUT2D eigenvalue weighted by Gasteiger charge is 2.17. The molecule has 0 saturated heterocycles. The van der Waals surface area contributed by atoms with E-state index in [9.17, 15) is 5.11 Å². The summed E-state index contributed by atoms with van der Waals surface area (Å²) in [6, 6.07) is 4.00. The van der Waals surface area contributed by atoms with Crippen LogP contribution in [0.4, 0.5) is 0 Å². The topological polar surface area (TPSA) is 29.5 Å². The van der Waals surface area contributed by atoms with Crippen molar-refractivity contribution in [2.45, 2.75) is 51.6 Å². The highest BCUT2D eigenvalue weighted by atomic mass is 35.5. The second-order valence-corrected chi connectivity index (χ2v) is 5.42. The number of rotatable bonds is 6. The summed E-state index contributed by atoms with van der Waals surface area (Å²) in [5.41, 5.74) is 2.42. The molecule has 1 atom stereocenters. The highest BCUT2D eigenvalue weighted by molar-refractivity contribution is 6.30. The van der Waals surface area contributed by atoms with Gasteiger partial charge in [-0.3, -0.25) is 0 Å². The summed E-state index contributed by atoms with van der Waals surface area (Å²) < 4.78 is 5.67. The van der Waals surface area contributed by atoms with Gasteiger partial charge in [0.25, 0.3) is 0 Å². The van der Waals surface area contributed by atoms with Crippen molar-refractivity contribution in [3.63, 3.8) is 0 Å². The number of fused-ring (bicyclic) bond motifs is 1. The van der Waals surface area contributed by atoms with Gasteiger partial charge in [0.05, 0.1) is 12.7 Å². The largest absolute Gasteiger partial charge is 0.493 e. The lowest BCUT2D eigenvalue weighted by Gasteiger charge is -2.11. The van der Waals surface area contributed by atoms with Crippen LogP contribution in [0.25, 0.3) is 0 Å². The van der Waals surface area contributed by atoms with Crippen molar-refractivity contribution in [2.24, 2.45) is 0 Å². The maximum Gasteiger partial charge on any atom is 0.125 e. The van der Waals surface area contributed by atoms with Crippen LogP contribution >= 0.6 is 11.6 Å². The van der Waals surface area contributed by atoms with Crippen LogP contribution in [0.5, 0.6) is 5.75 Å². The van der Waals surface area contributed by atoms with Crippen LogP contribution in [0.15, 0.2) is 12.1 Å². The molecule has 0 fully saturated rings. The van der Waals surface area contributed by atoms with Gasteiger partial charge in [0, 0.05) is 11.4 Å². The predicted molar refractivity (Wildman–Crippen MR) is 74.5 cm³/mol. The van der Waals surface area contributed by atoms with E-state index in [2.05, 4.69) is 6.92 Å². The molecule has 100 valence electrons. The summed E-state index contributed by atoms with van der Waals surface area (Å²) in [6.07, 6.45) is 5.50. The van der Waals surface area contributed by atoms with Crippen molar-refractivity contribution in [1.82, 2.24) is 0 Å². The van der Waals surface area contributed by atoms with Crippen LogP contribution in [0.1, 0.15) is 43.7 Å². The Hall–Kier alpha value is -0.730. The van der Waals surface area contributed by atoms with Gasteiger partial charge in [-0.1, -0.05) is 24.9 Å². The SMILES string of the molecule is CCCC(O)CCCc1cc(Cl)cc2c1OCC2. The average molecular weight is 269 g/mol. The van der Waals surface area contributed by atoms with E-state index in [4.69, 9.17) is 16.3 Å². The van der Waals surface area contributed by atoms with Crippen molar-refractivity contribution >= 4 is 11.6 Å². The van der Waals surface area contributed by atoms with Crippen LogP contribution in [-0.2, 0) is 12.8 Å². The average Bonchev–Trinajstić information content (AvgIpc) is 2.77. The maximum atomic E-state index is 9.72. The lowest BCUT2D eigenvalue weighted by Crippen LogP contribution is -2.06. The minimum atomic E-state index is -0.164. The molecule has 1 aromatic carbocycles. The second-order valence-electron chi connectivity index (χ2n) is 4.99. The second kappa shape index (κ2) is 6.44. The van der Waals surface area contributed by atoms with E-state index >= 15 is 0 Å². The molecule has 0 spiro atoms. The Bertz CT molecular complexity index is 404. The number of aliphatic hydroxyl groups excluding tert-OH is 1. The van der Waals surface area contributed by atoms with Crippen molar-refractivity contribution in [1.29, 1.82) is 0 Å². The third kappa shape index (κ3) is 3.39. The van der Waals surface area contributed by atoms with E-state index in [1.54, 1.807) is 0 Å². The van der Waals surface area contributed by atoms with Gasteiger partial charge >= 0.3 is 0 Å². The van der Waals surface area contributed by atoms with Crippen LogP contribution in [0.2, 0.25) is 5.02 Å². The van der Waals surface area contributed by atoms with E-state index < -0.39 is 0 Å².